The van der Waals surface area contributed by atoms with Gasteiger partial charge in [-0.1, -0.05) is 12.8 Å². The summed E-state index contributed by atoms with van der Waals surface area (Å²) in [6.45, 7) is 0.0978. The summed E-state index contributed by atoms with van der Waals surface area (Å²) in [6.07, 6.45) is 4.94. The van der Waals surface area contributed by atoms with Gasteiger partial charge in [0.15, 0.2) is 0 Å². The van der Waals surface area contributed by atoms with Crippen LogP contribution in [-0.4, -0.2) is 46.7 Å². The Balaban J connectivity index is 0.00000220. The Hall–Kier alpha value is -1.34. The van der Waals surface area contributed by atoms with Gasteiger partial charge >= 0.3 is 0 Å². The topological polar surface area (TPSA) is 100 Å². The van der Waals surface area contributed by atoms with Gasteiger partial charge in [-0.3, -0.25) is 4.79 Å². The van der Waals surface area contributed by atoms with Gasteiger partial charge in [0.1, 0.15) is 12.1 Å². The number of rotatable bonds is 4. The summed E-state index contributed by atoms with van der Waals surface area (Å²) < 4.78 is 0. The molecule has 2 aliphatic rings. The molecular formula is C14H21ClN4O2. The van der Waals surface area contributed by atoms with Gasteiger partial charge in [0.25, 0.3) is 0 Å². The minimum absolute atomic E-state index is 0. The molecule has 7 heteroatoms. The summed E-state index contributed by atoms with van der Waals surface area (Å²) in [4.78, 5) is 13.7. The van der Waals surface area contributed by atoms with Crippen LogP contribution in [0.25, 0.3) is 0 Å². The zero-order valence-corrected chi connectivity index (χ0v) is 12.7. The zero-order chi connectivity index (χ0) is 14.6. The number of halogens is 1. The van der Waals surface area contributed by atoms with Crippen LogP contribution in [0.2, 0.25) is 0 Å². The van der Waals surface area contributed by atoms with Gasteiger partial charge in [0.05, 0.1) is 25.3 Å². The molecule has 1 aliphatic carbocycles. The molecule has 2 atom stereocenters. The Morgan fingerprint density at radius 2 is 1.76 bits per heavy atom. The fraction of sp³-hybridized carbons (Fsp3) is 0.786. The van der Waals surface area contributed by atoms with E-state index in [4.69, 9.17) is 10.5 Å². The predicted molar refractivity (Wildman–Crippen MR) is 78.4 cm³/mol. The lowest BCUT2D eigenvalue weighted by atomic mass is 9.99. The second-order valence-corrected chi connectivity index (χ2v) is 5.67. The maximum absolute atomic E-state index is 12.3. The number of hydrogen-bond acceptors (Lipinski definition) is 5. The van der Waals surface area contributed by atoms with Crippen LogP contribution >= 0.6 is 12.4 Å². The van der Waals surface area contributed by atoms with E-state index in [1.165, 1.54) is 4.90 Å². The molecule has 0 bridgehead atoms. The molecule has 0 aromatic heterocycles. The fourth-order valence-electron chi connectivity index (χ4n) is 3.21. The molecular weight excluding hydrogens is 292 g/mol. The number of nitrogens with one attached hydrogen (secondary N) is 1. The molecule has 0 radical (unpaired) electrons. The third kappa shape index (κ3) is 3.65. The van der Waals surface area contributed by atoms with Crippen molar-refractivity contribution in [2.45, 2.75) is 56.1 Å². The molecule has 6 nitrogen and oxygen atoms in total. The number of aliphatic hydroxyl groups is 1. The first-order valence-electron chi connectivity index (χ1n) is 7.12. The third-order valence-electron chi connectivity index (χ3n) is 4.45. The Labute approximate surface area is 131 Å². The second kappa shape index (κ2) is 7.61. The minimum Gasteiger partial charge on any atom is -0.394 e. The van der Waals surface area contributed by atoms with Crippen molar-refractivity contribution in [3.8, 4) is 12.1 Å². The number of amides is 1. The predicted octanol–water partition coefficient (Wildman–Crippen LogP) is 0.710. The normalized spacial score (nSPS) is 26.7. The van der Waals surface area contributed by atoms with E-state index in [0.717, 1.165) is 25.7 Å². The lowest BCUT2D eigenvalue weighted by molar-refractivity contribution is -0.131. The number of carbonyl (C=O) groups excluding carboxylic acids is 1. The quantitative estimate of drug-likeness (QED) is 0.796. The van der Waals surface area contributed by atoms with Gasteiger partial charge < -0.3 is 15.3 Å². The number of nitrogens with zero attached hydrogens (tertiary/aromatic N) is 3. The molecule has 2 N–H and O–H groups in total. The molecule has 2 fully saturated rings. The van der Waals surface area contributed by atoms with Gasteiger partial charge in [-0.05, 0) is 25.7 Å². The average Bonchev–Trinajstić information content (AvgIpc) is 3.11. The maximum Gasteiger partial charge on any atom is 0.238 e. The van der Waals surface area contributed by atoms with Crippen molar-refractivity contribution in [1.29, 1.82) is 10.5 Å². The van der Waals surface area contributed by atoms with Crippen molar-refractivity contribution in [1.82, 2.24) is 10.2 Å². The van der Waals surface area contributed by atoms with E-state index in [2.05, 4.69) is 17.5 Å². The van der Waals surface area contributed by atoms with Crippen molar-refractivity contribution < 1.29 is 9.90 Å². The highest BCUT2D eigenvalue weighted by Crippen LogP contribution is 2.29. The molecule has 1 saturated heterocycles. The van der Waals surface area contributed by atoms with Crippen LogP contribution in [0, 0.1) is 22.7 Å². The molecule has 0 unspecified atom stereocenters. The van der Waals surface area contributed by atoms with Gasteiger partial charge in [-0.2, -0.15) is 10.5 Å². The van der Waals surface area contributed by atoms with E-state index < -0.39 is 12.1 Å². The SMILES string of the molecule is Cl.N#C[C@@H]1CC[C@@H](C#N)N1C(=O)CNC1(CO)CCCC1. The molecule has 1 aliphatic heterocycles. The highest BCUT2D eigenvalue weighted by Gasteiger charge is 2.39. The van der Waals surface area contributed by atoms with Crippen LogP contribution in [0.3, 0.4) is 0 Å². The summed E-state index contributed by atoms with van der Waals surface area (Å²) in [7, 11) is 0. The van der Waals surface area contributed by atoms with E-state index in [1.54, 1.807) is 0 Å². The number of nitriles is 2. The lowest BCUT2D eigenvalue weighted by Gasteiger charge is -2.30. The Morgan fingerprint density at radius 3 is 2.19 bits per heavy atom. The van der Waals surface area contributed by atoms with E-state index >= 15 is 0 Å². The molecule has 1 saturated carbocycles. The summed E-state index contributed by atoms with van der Waals surface area (Å²) in [5, 5.41) is 30.8. The van der Waals surface area contributed by atoms with Crippen molar-refractivity contribution >= 4 is 18.3 Å². The third-order valence-corrected chi connectivity index (χ3v) is 4.45. The van der Waals surface area contributed by atoms with Crippen molar-refractivity contribution in [2.24, 2.45) is 0 Å². The van der Waals surface area contributed by atoms with Crippen LogP contribution in [-0.2, 0) is 4.79 Å². The van der Waals surface area contributed by atoms with Gasteiger partial charge in [0.2, 0.25) is 5.91 Å². The number of aliphatic hydroxyl groups excluding tert-OH is 1. The molecule has 0 aromatic carbocycles. The van der Waals surface area contributed by atoms with E-state index in [0.29, 0.717) is 12.8 Å². The van der Waals surface area contributed by atoms with Crippen LogP contribution in [0.15, 0.2) is 0 Å². The van der Waals surface area contributed by atoms with Crippen LogP contribution in [0.4, 0.5) is 0 Å². The van der Waals surface area contributed by atoms with Crippen LogP contribution in [0.5, 0.6) is 0 Å². The minimum atomic E-state index is -0.498. The largest absolute Gasteiger partial charge is 0.394 e. The summed E-state index contributed by atoms with van der Waals surface area (Å²) >= 11 is 0. The Kier molecular flexibility index (Phi) is 6.42. The first-order chi connectivity index (χ1) is 9.65. The van der Waals surface area contributed by atoms with E-state index in [-0.39, 0.29) is 37.0 Å². The number of carbonyl (C=O) groups is 1. The Bertz CT molecular complexity index is 429. The molecule has 0 aromatic rings. The summed E-state index contributed by atoms with van der Waals surface area (Å²) in [5.74, 6) is -0.222. The van der Waals surface area contributed by atoms with Gasteiger partial charge in [0, 0.05) is 5.54 Å². The molecule has 21 heavy (non-hydrogen) atoms. The highest BCUT2D eigenvalue weighted by molar-refractivity contribution is 5.85. The van der Waals surface area contributed by atoms with Crippen molar-refractivity contribution in [2.75, 3.05) is 13.2 Å². The second-order valence-electron chi connectivity index (χ2n) is 5.67. The number of likely N-dealkylation sites (tertiary alicyclic amines) is 1. The first-order valence-corrected chi connectivity index (χ1v) is 7.12. The monoisotopic (exact) mass is 312 g/mol. The lowest BCUT2D eigenvalue weighted by Crippen LogP contribution is -2.52. The zero-order valence-electron chi connectivity index (χ0n) is 11.9. The van der Waals surface area contributed by atoms with Gasteiger partial charge in [-0.15, -0.1) is 12.4 Å². The molecule has 2 rings (SSSR count). The van der Waals surface area contributed by atoms with Crippen molar-refractivity contribution in [3.63, 3.8) is 0 Å². The first kappa shape index (κ1) is 17.7. The number of hydrogen-bond donors (Lipinski definition) is 2. The highest BCUT2D eigenvalue weighted by atomic mass is 35.5. The molecule has 1 amide bonds. The van der Waals surface area contributed by atoms with Crippen molar-refractivity contribution in [3.05, 3.63) is 0 Å². The average molecular weight is 313 g/mol. The summed E-state index contributed by atoms with van der Waals surface area (Å²) in [6, 6.07) is 3.18. The molecule has 0 spiro atoms. The smallest absolute Gasteiger partial charge is 0.238 e. The fourth-order valence-corrected chi connectivity index (χ4v) is 3.21. The molecule has 1 heterocycles. The van der Waals surface area contributed by atoms with Gasteiger partial charge in [-0.25, -0.2) is 0 Å². The summed E-state index contributed by atoms with van der Waals surface area (Å²) in [5.41, 5.74) is -0.361. The standard InChI is InChI=1S/C14H20N4O2.ClH/c15-7-11-3-4-12(8-16)18(11)13(20)9-17-14(10-19)5-1-2-6-14;/h11-12,17,19H,1-6,9-10H2;1H/t11-,12-;/m0./s1. The molecule has 116 valence electrons. The van der Waals surface area contributed by atoms with Crippen LogP contribution < -0.4 is 5.32 Å². The van der Waals surface area contributed by atoms with E-state index in [9.17, 15) is 9.90 Å². The maximum atomic E-state index is 12.3. The van der Waals surface area contributed by atoms with E-state index in [1.807, 2.05) is 0 Å². The van der Waals surface area contributed by atoms with Crippen LogP contribution in [0.1, 0.15) is 38.5 Å². The Morgan fingerprint density at radius 1 is 1.24 bits per heavy atom.